The first-order valence-electron chi connectivity index (χ1n) is 8.41. The maximum Gasteiger partial charge on any atom is 0.240 e. The van der Waals surface area contributed by atoms with Crippen LogP contribution in [0, 0.1) is 0 Å². The van der Waals surface area contributed by atoms with Gasteiger partial charge in [-0.2, -0.15) is 5.10 Å². The first-order valence-corrected chi connectivity index (χ1v) is 8.41. The van der Waals surface area contributed by atoms with Crippen molar-refractivity contribution in [3.63, 3.8) is 0 Å². The molecule has 0 saturated carbocycles. The number of phenolic OH excluding ortho intramolecular Hbond substituents is 1. The zero-order valence-electron chi connectivity index (χ0n) is 13.9. The fourth-order valence-corrected chi connectivity index (χ4v) is 2.25. The smallest absolute Gasteiger partial charge is 0.240 e. The molecule has 5 heteroatoms. The van der Waals surface area contributed by atoms with Crippen LogP contribution in [0.15, 0.2) is 29.4 Å². The van der Waals surface area contributed by atoms with Crippen LogP contribution in [0.4, 0.5) is 0 Å². The fraction of sp³-hybridized carbons (Fsp3) is 0.556. The van der Waals surface area contributed by atoms with E-state index in [0.29, 0.717) is 12.0 Å². The van der Waals surface area contributed by atoms with Gasteiger partial charge in [-0.3, -0.25) is 4.79 Å². The Bertz CT molecular complexity index is 489. The Morgan fingerprint density at radius 1 is 1.22 bits per heavy atom. The van der Waals surface area contributed by atoms with Gasteiger partial charge < -0.3 is 10.2 Å². The second kappa shape index (κ2) is 11.7. The van der Waals surface area contributed by atoms with Gasteiger partial charge in [-0.25, -0.2) is 5.43 Å². The van der Waals surface area contributed by atoms with Crippen molar-refractivity contribution in [2.45, 2.75) is 64.4 Å². The van der Waals surface area contributed by atoms with Gasteiger partial charge in [0.15, 0.2) is 0 Å². The molecule has 0 aliphatic rings. The van der Waals surface area contributed by atoms with Crippen LogP contribution in [0.3, 0.4) is 0 Å². The number of para-hydroxylation sites is 1. The van der Waals surface area contributed by atoms with Crippen molar-refractivity contribution >= 4 is 12.1 Å². The van der Waals surface area contributed by atoms with Crippen LogP contribution >= 0.6 is 0 Å². The molecule has 0 saturated heterocycles. The van der Waals surface area contributed by atoms with Crippen molar-refractivity contribution in [2.75, 3.05) is 0 Å². The molecule has 5 nitrogen and oxygen atoms in total. The summed E-state index contributed by atoms with van der Waals surface area (Å²) < 4.78 is 0. The van der Waals surface area contributed by atoms with Crippen molar-refractivity contribution in [2.24, 2.45) is 5.10 Å². The van der Waals surface area contributed by atoms with Crippen LogP contribution < -0.4 is 5.43 Å². The van der Waals surface area contributed by atoms with Gasteiger partial charge in [-0.05, 0) is 25.0 Å². The Morgan fingerprint density at radius 3 is 2.70 bits per heavy atom. The Hall–Kier alpha value is -1.88. The molecule has 0 fully saturated rings. The highest BCUT2D eigenvalue weighted by atomic mass is 16.3. The number of unbranched alkanes of at least 4 members (excludes halogenated alkanes) is 4. The normalized spacial score (nSPS) is 12.4. The maximum atomic E-state index is 11.6. The lowest BCUT2D eigenvalue weighted by Gasteiger charge is -2.09. The van der Waals surface area contributed by atoms with Crippen LogP contribution in [0.25, 0.3) is 0 Å². The third-order valence-corrected chi connectivity index (χ3v) is 3.68. The molecule has 1 amide bonds. The summed E-state index contributed by atoms with van der Waals surface area (Å²) in [5.41, 5.74) is 2.95. The topological polar surface area (TPSA) is 81.9 Å². The third-order valence-electron chi connectivity index (χ3n) is 3.68. The zero-order valence-corrected chi connectivity index (χ0v) is 13.9. The molecule has 0 aliphatic carbocycles. The van der Waals surface area contributed by atoms with Crippen LogP contribution in [-0.4, -0.2) is 28.4 Å². The Kier molecular flexibility index (Phi) is 9.71. The van der Waals surface area contributed by atoms with E-state index in [1.807, 2.05) is 0 Å². The number of hydrogen-bond donors (Lipinski definition) is 3. The number of benzene rings is 1. The largest absolute Gasteiger partial charge is 0.507 e. The van der Waals surface area contributed by atoms with Gasteiger partial charge in [-0.1, -0.05) is 51.2 Å². The molecule has 0 radical (unpaired) electrons. The van der Waals surface area contributed by atoms with Gasteiger partial charge in [0.05, 0.1) is 12.3 Å². The summed E-state index contributed by atoms with van der Waals surface area (Å²) in [7, 11) is 0. The first kappa shape index (κ1) is 19.2. The number of hydrazone groups is 1. The number of phenols is 1. The first-order chi connectivity index (χ1) is 11.1. The molecule has 1 atom stereocenters. The molecule has 0 spiro atoms. The summed E-state index contributed by atoms with van der Waals surface area (Å²) in [4.78, 5) is 11.6. The van der Waals surface area contributed by atoms with E-state index in [2.05, 4.69) is 17.5 Å². The minimum Gasteiger partial charge on any atom is -0.507 e. The number of hydrogen-bond acceptors (Lipinski definition) is 4. The number of nitrogens with one attached hydrogen (secondary N) is 1. The number of amides is 1. The van der Waals surface area contributed by atoms with Gasteiger partial charge >= 0.3 is 0 Å². The Balaban J connectivity index is 2.15. The quantitative estimate of drug-likeness (QED) is 0.332. The van der Waals surface area contributed by atoms with Gasteiger partial charge in [0, 0.05) is 12.0 Å². The predicted molar refractivity (Wildman–Crippen MR) is 92.5 cm³/mol. The molecular formula is C18H28N2O3. The molecule has 0 unspecified atom stereocenters. The number of rotatable bonds is 11. The molecule has 3 N–H and O–H groups in total. The van der Waals surface area contributed by atoms with E-state index in [0.717, 1.165) is 19.3 Å². The van der Waals surface area contributed by atoms with Gasteiger partial charge in [-0.15, -0.1) is 0 Å². The van der Waals surface area contributed by atoms with Gasteiger partial charge in [0.2, 0.25) is 5.91 Å². The molecular weight excluding hydrogens is 292 g/mol. The second-order valence-corrected chi connectivity index (χ2v) is 5.75. The van der Waals surface area contributed by atoms with E-state index < -0.39 is 6.10 Å². The molecule has 0 aliphatic heterocycles. The van der Waals surface area contributed by atoms with Crippen molar-refractivity contribution in [3.8, 4) is 5.75 Å². The number of aromatic hydroxyl groups is 1. The van der Waals surface area contributed by atoms with Crippen LogP contribution in [-0.2, 0) is 4.79 Å². The Labute approximate surface area is 138 Å². The third kappa shape index (κ3) is 8.98. The SMILES string of the molecule is CCCCCCC[C@@H](O)CCC(=O)N/N=C\c1ccccc1O. The van der Waals surface area contributed by atoms with E-state index in [1.54, 1.807) is 24.3 Å². The molecule has 0 heterocycles. The molecule has 0 aromatic heterocycles. The summed E-state index contributed by atoms with van der Waals surface area (Å²) in [6.45, 7) is 2.18. The summed E-state index contributed by atoms with van der Waals surface area (Å²) in [6, 6.07) is 6.75. The summed E-state index contributed by atoms with van der Waals surface area (Å²) in [6.07, 6.45) is 8.23. The van der Waals surface area contributed by atoms with E-state index in [-0.39, 0.29) is 18.1 Å². The van der Waals surface area contributed by atoms with Crippen molar-refractivity contribution in [1.29, 1.82) is 0 Å². The minimum absolute atomic E-state index is 0.115. The van der Waals surface area contributed by atoms with E-state index >= 15 is 0 Å². The average molecular weight is 320 g/mol. The molecule has 1 rings (SSSR count). The van der Waals surface area contributed by atoms with Crippen molar-refractivity contribution < 1.29 is 15.0 Å². The molecule has 128 valence electrons. The minimum atomic E-state index is -0.426. The van der Waals surface area contributed by atoms with Gasteiger partial charge in [0.25, 0.3) is 0 Å². The number of nitrogens with zero attached hydrogens (tertiary/aromatic N) is 1. The lowest BCUT2D eigenvalue weighted by Crippen LogP contribution is -2.19. The van der Waals surface area contributed by atoms with Gasteiger partial charge in [0.1, 0.15) is 5.75 Å². The lowest BCUT2D eigenvalue weighted by atomic mass is 10.0. The van der Waals surface area contributed by atoms with E-state index in [9.17, 15) is 15.0 Å². The molecule has 23 heavy (non-hydrogen) atoms. The maximum absolute atomic E-state index is 11.6. The second-order valence-electron chi connectivity index (χ2n) is 5.75. The Morgan fingerprint density at radius 2 is 1.96 bits per heavy atom. The molecule has 0 bridgehead atoms. The van der Waals surface area contributed by atoms with E-state index in [4.69, 9.17) is 0 Å². The summed E-state index contributed by atoms with van der Waals surface area (Å²) in [5.74, 6) is -0.120. The standard InChI is InChI=1S/C18H28N2O3/c1-2-3-4-5-6-10-16(21)12-13-18(23)20-19-14-15-9-7-8-11-17(15)22/h7-9,11,14,16,21-22H,2-6,10,12-13H2,1H3,(H,20,23)/b19-14-/t16-/m1/s1. The molecule has 1 aromatic carbocycles. The number of aliphatic hydroxyl groups is 1. The number of carbonyl (C=O) groups is 1. The van der Waals surface area contributed by atoms with E-state index in [1.165, 1.54) is 25.5 Å². The number of carbonyl (C=O) groups excluding carboxylic acids is 1. The summed E-state index contributed by atoms with van der Waals surface area (Å²) in [5, 5.41) is 23.2. The zero-order chi connectivity index (χ0) is 16.9. The average Bonchev–Trinajstić information content (AvgIpc) is 2.54. The van der Waals surface area contributed by atoms with Crippen molar-refractivity contribution in [1.82, 2.24) is 5.43 Å². The fourth-order valence-electron chi connectivity index (χ4n) is 2.25. The number of aliphatic hydroxyl groups excluding tert-OH is 1. The van der Waals surface area contributed by atoms with Crippen LogP contribution in [0.5, 0.6) is 5.75 Å². The molecule has 1 aromatic rings. The monoisotopic (exact) mass is 320 g/mol. The lowest BCUT2D eigenvalue weighted by molar-refractivity contribution is -0.121. The predicted octanol–water partition coefficient (Wildman–Crippen LogP) is 3.34. The van der Waals surface area contributed by atoms with Crippen molar-refractivity contribution in [3.05, 3.63) is 29.8 Å². The summed E-state index contributed by atoms with van der Waals surface area (Å²) >= 11 is 0. The van der Waals surface area contributed by atoms with Crippen LogP contribution in [0.2, 0.25) is 0 Å². The highest BCUT2D eigenvalue weighted by molar-refractivity contribution is 5.84. The highest BCUT2D eigenvalue weighted by Gasteiger charge is 2.07. The van der Waals surface area contributed by atoms with Crippen LogP contribution in [0.1, 0.15) is 63.9 Å². The highest BCUT2D eigenvalue weighted by Crippen LogP contribution is 2.12.